The highest BCUT2D eigenvalue weighted by molar-refractivity contribution is 5.65. The highest BCUT2D eigenvalue weighted by Crippen LogP contribution is 2.40. The Morgan fingerprint density at radius 3 is 2.67 bits per heavy atom. The van der Waals surface area contributed by atoms with Gasteiger partial charge in [0, 0.05) is 18.7 Å². The predicted molar refractivity (Wildman–Crippen MR) is 78.8 cm³/mol. The van der Waals surface area contributed by atoms with Crippen LogP contribution in [0.4, 0.5) is 15.8 Å². The molecule has 3 rings (SSSR count). The molecule has 0 aliphatic carbocycles. The summed E-state index contributed by atoms with van der Waals surface area (Å²) in [7, 11) is 0. The molecule has 1 fully saturated rings. The summed E-state index contributed by atoms with van der Waals surface area (Å²) in [6.07, 6.45) is 1.85. The van der Waals surface area contributed by atoms with Gasteiger partial charge in [-0.3, -0.25) is 10.1 Å². The summed E-state index contributed by atoms with van der Waals surface area (Å²) < 4.78 is 13.5. The summed E-state index contributed by atoms with van der Waals surface area (Å²) in [6.45, 7) is 0.698. The van der Waals surface area contributed by atoms with Gasteiger partial charge in [0.1, 0.15) is 11.5 Å². The number of anilines is 1. The molecule has 1 atom stereocenters. The Morgan fingerprint density at radius 2 is 1.95 bits per heavy atom. The summed E-state index contributed by atoms with van der Waals surface area (Å²) in [5.74, 6) is -0.450. The largest absolute Gasteiger partial charge is 0.359 e. The van der Waals surface area contributed by atoms with Crippen molar-refractivity contribution < 1.29 is 9.31 Å². The van der Waals surface area contributed by atoms with Crippen LogP contribution >= 0.6 is 0 Å². The molecular formula is C16H15FN2O2. The number of benzene rings is 2. The lowest BCUT2D eigenvalue weighted by Gasteiger charge is -2.26. The molecule has 0 saturated carbocycles. The van der Waals surface area contributed by atoms with Crippen LogP contribution in [0.3, 0.4) is 0 Å². The Balaban J connectivity index is 2.03. The smallest absolute Gasteiger partial charge is 0.292 e. The van der Waals surface area contributed by atoms with Crippen molar-refractivity contribution >= 4 is 11.4 Å². The first-order valence-electron chi connectivity index (χ1n) is 6.92. The topological polar surface area (TPSA) is 46.4 Å². The van der Waals surface area contributed by atoms with Crippen LogP contribution < -0.4 is 4.90 Å². The molecule has 0 amide bonds. The van der Waals surface area contributed by atoms with Crippen molar-refractivity contribution in [1.82, 2.24) is 0 Å². The fourth-order valence-corrected chi connectivity index (χ4v) is 2.96. The highest BCUT2D eigenvalue weighted by atomic mass is 19.1. The molecule has 2 aromatic rings. The fourth-order valence-electron chi connectivity index (χ4n) is 2.96. The van der Waals surface area contributed by atoms with E-state index in [1.165, 1.54) is 12.1 Å². The lowest BCUT2D eigenvalue weighted by molar-refractivity contribution is -0.384. The Hall–Kier alpha value is -2.43. The minimum Gasteiger partial charge on any atom is -0.359 e. The van der Waals surface area contributed by atoms with Crippen LogP contribution in [0.25, 0.3) is 0 Å². The van der Waals surface area contributed by atoms with Gasteiger partial charge in [0.15, 0.2) is 0 Å². The number of hydrogen-bond acceptors (Lipinski definition) is 3. The van der Waals surface area contributed by atoms with Crippen molar-refractivity contribution in [3.05, 3.63) is 70.0 Å². The number of nitro benzene ring substituents is 1. The Bertz CT molecular complexity index is 661. The van der Waals surface area contributed by atoms with E-state index in [1.807, 2.05) is 35.2 Å². The summed E-state index contributed by atoms with van der Waals surface area (Å²) in [4.78, 5) is 12.7. The maximum Gasteiger partial charge on any atom is 0.292 e. The van der Waals surface area contributed by atoms with E-state index in [1.54, 1.807) is 0 Å². The van der Waals surface area contributed by atoms with Crippen molar-refractivity contribution in [2.24, 2.45) is 0 Å². The zero-order valence-electron chi connectivity index (χ0n) is 11.4. The zero-order valence-corrected chi connectivity index (χ0v) is 11.4. The monoisotopic (exact) mass is 286 g/mol. The van der Waals surface area contributed by atoms with E-state index in [-0.39, 0.29) is 11.7 Å². The predicted octanol–water partition coefficient (Wildman–Crippen LogP) is 4.08. The van der Waals surface area contributed by atoms with E-state index in [0.717, 1.165) is 24.5 Å². The minimum absolute atomic E-state index is 0.0424. The number of nitrogens with zero attached hydrogens (tertiary/aromatic N) is 2. The van der Waals surface area contributed by atoms with Gasteiger partial charge < -0.3 is 4.90 Å². The van der Waals surface area contributed by atoms with Gasteiger partial charge in [0.05, 0.1) is 11.0 Å². The fraction of sp³-hybridized carbons (Fsp3) is 0.250. The summed E-state index contributed by atoms with van der Waals surface area (Å²) in [6, 6.07) is 13.6. The summed E-state index contributed by atoms with van der Waals surface area (Å²) in [5.41, 5.74) is 1.43. The van der Waals surface area contributed by atoms with Crippen LogP contribution in [-0.2, 0) is 0 Å². The Morgan fingerprint density at radius 1 is 1.19 bits per heavy atom. The third-order valence-corrected chi connectivity index (χ3v) is 3.88. The lowest BCUT2D eigenvalue weighted by atomic mass is 10.0. The maximum atomic E-state index is 13.5. The van der Waals surface area contributed by atoms with Gasteiger partial charge in [0.2, 0.25) is 0 Å². The first-order chi connectivity index (χ1) is 10.2. The SMILES string of the molecule is O=[N+]([O-])c1ccc(F)cc1N1CCCC1c1ccccc1. The van der Waals surface area contributed by atoms with Crippen molar-refractivity contribution in [3.8, 4) is 0 Å². The molecule has 1 unspecified atom stereocenters. The third-order valence-electron chi connectivity index (χ3n) is 3.88. The molecular weight excluding hydrogens is 271 g/mol. The van der Waals surface area contributed by atoms with E-state index < -0.39 is 10.7 Å². The Kier molecular flexibility index (Phi) is 3.56. The van der Waals surface area contributed by atoms with Crippen molar-refractivity contribution in [2.75, 3.05) is 11.4 Å². The lowest BCUT2D eigenvalue weighted by Crippen LogP contribution is -2.23. The number of rotatable bonds is 3. The van der Waals surface area contributed by atoms with Crippen molar-refractivity contribution in [1.29, 1.82) is 0 Å². The maximum absolute atomic E-state index is 13.5. The molecule has 0 spiro atoms. The van der Waals surface area contributed by atoms with Crippen LogP contribution in [-0.4, -0.2) is 11.5 Å². The van der Waals surface area contributed by atoms with Crippen molar-refractivity contribution in [2.45, 2.75) is 18.9 Å². The molecule has 4 nitrogen and oxygen atoms in total. The third kappa shape index (κ3) is 2.59. The molecule has 1 aliphatic heterocycles. The van der Waals surface area contributed by atoms with Crippen LogP contribution in [0.1, 0.15) is 24.4 Å². The first-order valence-corrected chi connectivity index (χ1v) is 6.92. The van der Waals surface area contributed by atoms with Gasteiger partial charge in [-0.1, -0.05) is 30.3 Å². The quantitative estimate of drug-likeness (QED) is 0.631. The van der Waals surface area contributed by atoms with Gasteiger partial charge in [-0.15, -0.1) is 0 Å². The second kappa shape index (κ2) is 5.52. The number of halogens is 1. The van der Waals surface area contributed by atoms with Crippen LogP contribution in [0, 0.1) is 15.9 Å². The van der Waals surface area contributed by atoms with E-state index in [0.29, 0.717) is 12.2 Å². The molecule has 0 radical (unpaired) electrons. The van der Waals surface area contributed by atoms with E-state index in [9.17, 15) is 14.5 Å². The number of hydrogen-bond donors (Lipinski definition) is 0. The van der Waals surface area contributed by atoms with Crippen LogP contribution in [0.5, 0.6) is 0 Å². The number of nitro groups is 1. The average molecular weight is 286 g/mol. The molecule has 108 valence electrons. The summed E-state index contributed by atoms with van der Waals surface area (Å²) in [5, 5.41) is 11.2. The van der Waals surface area contributed by atoms with E-state index in [2.05, 4.69) is 0 Å². The minimum atomic E-state index is -0.450. The molecule has 2 aromatic carbocycles. The molecule has 0 bridgehead atoms. The van der Waals surface area contributed by atoms with Gasteiger partial charge in [-0.2, -0.15) is 0 Å². The highest BCUT2D eigenvalue weighted by Gasteiger charge is 2.30. The first kappa shape index (κ1) is 13.5. The van der Waals surface area contributed by atoms with Gasteiger partial charge >= 0.3 is 0 Å². The van der Waals surface area contributed by atoms with Gasteiger partial charge in [-0.05, 0) is 24.5 Å². The molecule has 0 aromatic heterocycles. The van der Waals surface area contributed by atoms with Crippen LogP contribution in [0.2, 0.25) is 0 Å². The second-order valence-corrected chi connectivity index (χ2v) is 5.15. The normalized spacial score (nSPS) is 18.0. The zero-order chi connectivity index (χ0) is 14.8. The van der Waals surface area contributed by atoms with E-state index in [4.69, 9.17) is 0 Å². The van der Waals surface area contributed by atoms with Crippen LogP contribution in [0.15, 0.2) is 48.5 Å². The molecule has 1 saturated heterocycles. The average Bonchev–Trinajstić information content (AvgIpc) is 2.97. The molecule has 0 N–H and O–H groups in total. The standard InChI is InChI=1S/C16H15FN2O2/c17-13-8-9-15(19(20)21)16(11-13)18-10-4-7-14(18)12-5-2-1-3-6-12/h1-3,5-6,8-9,11,14H,4,7,10H2. The molecule has 21 heavy (non-hydrogen) atoms. The van der Waals surface area contributed by atoms with Gasteiger partial charge in [0.25, 0.3) is 5.69 Å². The summed E-state index contributed by atoms with van der Waals surface area (Å²) >= 11 is 0. The molecule has 5 heteroatoms. The Labute approximate surface area is 122 Å². The molecule has 1 heterocycles. The van der Waals surface area contributed by atoms with Gasteiger partial charge in [-0.25, -0.2) is 4.39 Å². The van der Waals surface area contributed by atoms with E-state index >= 15 is 0 Å². The van der Waals surface area contributed by atoms with Crippen molar-refractivity contribution in [3.63, 3.8) is 0 Å². The molecule has 1 aliphatic rings. The second-order valence-electron chi connectivity index (χ2n) is 5.15.